The van der Waals surface area contributed by atoms with Gasteiger partial charge in [0.1, 0.15) is 5.82 Å². The van der Waals surface area contributed by atoms with E-state index in [1.807, 2.05) is 0 Å². The number of hydrogen-bond acceptors (Lipinski definition) is 5. The second kappa shape index (κ2) is 6.97. The van der Waals surface area contributed by atoms with Crippen molar-refractivity contribution in [1.82, 2.24) is 24.6 Å². The molecule has 30 heavy (non-hydrogen) atoms. The highest BCUT2D eigenvalue weighted by atomic mass is 19.4. The summed E-state index contributed by atoms with van der Waals surface area (Å²) in [6, 6.07) is 6.88. The fourth-order valence-electron chi connectivity index (χ4n) is 2.74. The Labute approximate surface area is 164 Å². The minimum Gasteiger partial charge on any atom is -0.309 e. The van der Waals surface area contributed by atoms with E-state index in [-0.39, 0.29) is 28.7 Å². The van der Waals surface area contributed by atoms with E-state index in [2.05, 4.69) is 25.5 Å². The van der Waals surface area contributed by atoms with Crippen LogP contribution in [0.3, 0.4) is 0 Å². The first-order chi connectivity index (χ1) is 14.1. The van der Waals surface area contributed by atoms with Crippen LogP contribution >= 0.6 is 0 Å². The number of nitrogens with one attached hydrogen (secondary N) is 1. The van der Waals surface area contributed by atoms with Gasteiger partial charge in [0, 0.05) is 24.2 Å². The summed E-state index contributed by atoms with van der Waals surface area (Å²) in [6.07, 6.45) is -5.74. The average molecular weight is 424 g/mol. The van der Waals surface area contributed by atoms with Crippen LogP contribution in [0.4, 0.5) is 38.1 Å². The predicted octanol–water partition coefficient (Wildman–Crippen LogP) is 4.97. The van der Waals surface area contributed by atoms with E-state index in [0.29, 0.717) is 6.20 Å². The lowest BCUT2D eigenvalue weighted by molar-refractivity contribution is -0.138. The second-order valence-electron chi connectivity index (χ2n) is 6.12. The van der Waals surface area contributed by atoms with Crippen molar-refractivity contribution in [2.45, 2.75) is 12.4 Å². The van der Waals surface area contributed by atoms with Crippen molar-refractivity contribution in [3.63, 3.8) is 0 Å². The molecule has 0 saturated carbocycles. The molecule has 0 aliphatic carbocycles. The van der Waals surface area contributed by atoms with Gasteiger partial charge in [0.2, 0.25) is 5.95 Å². The van der Waals surface area contributed by atoms with Gasteiger partial charge in [-0.3, -0.25) is 9.38 Å². The Hall–Kier alpha value is -3.70. The van der Waals surface area contributed by atoms with Crippen LogP contribution in [0.25, 0.3) is 16.9 Å². The van der Waals surface area contributed by atoms with E-state index >= 15 is 0 Å². The zero-order valence-corrected chi connectivity index (χ0v) is 14.7. The molecule has 0 fully saturated rings. The molecule has 6 nitrogen and oxygen atoms in total. The number of halogens is 6. The second-order valence-corrected chi connectivity index (χ2v) is 6.12. The molecule has 0 radical (unpaired) electrons. The first kappa shape index (κ1) is 19.6. The van der Waals surface area contributed by atoms with Crippen molar-refractivity contribution in [3.05, 3.63) is 66.1 Å². The van der Waals surface area contributed by atoms with Crippen molar-refractivity contribution in [2.75, 3.05) is 5.32 Å². The smallest absolute Gasteiger partial charge is 0.309 e. The average Bonchev–Trinajstić information content (AvgIpc) is 3.09. The maximum atomic E-state index is 13.2. The highest BCUT2D eigenvalue weighted by Gasteiger charge is 2.34. The number of hydrogen-bond donors (Lipinski definition) is 1. The number of fused-ring (bicyclic) bond motifs is 1. The summed E-state index contributed by atoms with van der Waals surface area (Å²) in [7, 11) is 0. The quantitative estimate of drug-likeness (QED) is 0.471. The minimum absolute atomic E-state index is 0.0884. The summed E-state index contributed by atoms with van der Waals surface area (Å²) in [5.41, 5.74) is -1.65. The third-order valence-electron chi connectivity index (χ3n) is 4.13. The molecule has 4 aromatic rings. The van der Waals surface area contributed by atoms with Crippen LogP contribution in [-0.2, 0) is 12.4 Å². The van der Waals surface area contributed by atoms with Crippen molar-refractivity contribution in [1.29, 1.82) is 0 Å². The summed E-state index contributed by atoms with van der Waals surface area (Å²) in [6.45, 7) is 0. The summed E-state index contributed by atoms with van der Waals surface area (Å²) < 4.78 is 79.0. The number of anilines is 2. The van der Waals surface area contributed by atoms with E-state index in [1.165, 1.54) is 35.0 Å². The van der Waals surface area contributed by atoms with Crippen LogP contribution in [0.15, 0.2) is 55.0 Å². The lowest BCUT2D eigenvalue weighted by atomic mass is 10.1. The monoisotopic (exact) mass is 424 g/mol. The first-order valence-electron chi connectivity index (χ1n) is 8.30. The number of aromatic nitrogens is 5. The fraction of sp³-hybridized carbons (Fsp3) is 0.111. The zero-order chi connectivity index (χ0) is 21.5. The molecule has 0 aromatic carbocycles. The molecule has 0 saturated heterocycles. The molecule has 0 unspecified atom stereocenters. The first-order valence-corrected chi connectivity index (χ1v) is 8.30. The van der Waals surface area contributed by atoms with Gasteiger partial charge in [0.25, 0.3) is 0 Å². The van der Waals surface area contributed by atoms with Crippen molar-refractivity contribution >= 4 is 17.4 Å². The molecule has 0 aliphatic rings. The van der Waals surface area contributed by atoms with Crippen LogP contribution < -0.4 is 5.32 Å². The Kier molecular flexibility index (Phi) is 4.56. The van der Waals surface area contributed by atoms with Crippen LogP contribution in [0.5, 0.6) is 0 Å². The molecule has 4 aromatic heterocycles. The highest BCUT2D eigenvalue weighted by molar-refractivity contribution is 5.68. The fourth-order valence-corrected chi connectivity index (χ4v) is 2.74. The Morgan fingerprint density at radius 3 is 2.33 bits per heavy atom. The van der Waals surface area contributed by atoms with Gasteiger partial charge in [0.05, 0.1) is 16.8 Å². The van der Waals surface area contributed by atoms with Crippen molar-refractivity contribution in [3.8, 4) is 11.3 Å². The van der Waals surface area contributed by atoms with Crippen LogP contribution in [0.2, 0.25) is 0 Å². The number of pyridine rings is 3. The van der Waals surface area contributed by atoms with Crippen molar-refractivity contribution in [2.24, 2.45) is 0 Å². The molecular formula is C18H10F6N6. The zero-order valence-electron chi connectivity index (χ0n) is 14.7. The summed E-state index contributed by atoms with van der Waals surface area (Å²) in [4.78, 5) is 7.51. The predicted molar refractivity (Wildman–Crippen MR) is 93.7 cm³/mol. The molecule has 12 heteroatoms. The van der Waals surface area contributed by atoms with Crippen LogP contribution in [0.1, 0.15) is 11.1 Å². The lowest BCUT2D eigenvalue weighted by Gasteiger charge is -2.12. The standard InChI is InChI=1S/C18H10F6N6/c19-17(20,21)11-3-4-13(26-9-11)27-16-29-28-14-8-10(5-7-30(14)16)15-12(18(22,23)24)2-1-6-25-15/h1-9H,(H,26,27,29). The minimum atomic E-state index is -4.58. The number of nitrogens with zero attached hydrogens (tertiary/aromatic N) is 5. The summed E-state index contributed by atoms with van der Waals surface area (Å²) >= 11 is 0. The van der Waals surface area contributed by atoms with E-state index in [1.54, 1.807) is 0 Å². The summed E-state index contributed by atoms with van der Waals surface area (Å²) in [5.74, 6) is 0.214. The van der Waals surface area contributed by atoms with E-state index in [0.717, 1.165) is 18.2 Å². The van der Waals surface area contributed by atoms with E-state index < -0.39 is 23.5 Å². The normalized spacial score (nSPS) is 12.3. The van der Waals surface area contributed by atoms with Gasteiger partial charge >= 0.3 is 12.4 Å². The van der Waals surface area contributed by atoms with Crippen molar-refractivity contribution < 1.29 is 26.3 Å². The molecule has 0 atom stereocenters. The maximum Gasteiger partial charge on any atom is 0.418 e. The van der Waals surface area contributed by atoms with Gasteiger partial charge in [-0.05, 0) is 36.4 Å². The van der Waals surface area contributed by atoms with E-state index in [4.69, 9.17) is 0 Å². The molecule has 0 amide bonds. The third-order valence-corrected chi connectivity index (χ3v) is 4.13. The Morgan fingerprint density at radius 2 is 1.67 bits per heavy atom. The molecule has 4 heterocycles. The lowest BCUT2D eigenvalue weighted by Crippen LogP contribution is -2.08. The van der Waals surface area contributed by atoms with Crippen LogP contribution in [-0.4, -0.2) is 24.6 Å². The van der Waals surface area contributed by atoms with Gasteiger partial charge in [-0.2, -0.15) is 26.3 Å². The molecular weight excluding hydrogens is 414 g/mol. The number of alkyl halides is 6. The third kappa shape index (κ3) is 3.75. The largest absolute Gasteiger partial charge is 0.418 e. The summed E-state index contributed by atoms with van der Waals surface area (Å²) in [5, 5.41) is 10.5. The number of rotatable bonds is 3. The Bertz CT molecular complexity index is 1200. The van der Waals surface area contributed by atoms with Gasteiger partial charge in [0.15, 0.2) is 5.65 Å². The molecule has 154 valence electrons. The maximum absolute atomic E-state index is 13.2. The van der Waals surface area contributed by atoms with Gasteiger partial charge < -0.3 is 5.32 Å². The molecule has 0 aliphatic heterocycles. The Morgan fingerprint density at radius 1 is 0.867 bits per heavy atom. The van der Waals surface area contributed by atoms with Gasteiger partial charge in [-0.1, -0.05) is 0 Å². The Balaban J connectivity index is 1.66. The SMILES string of the molecule is FC(F)(F)c1ccc(Nc2nnc3cc(-c4ncccc4C(F)(F)F)ccn23)nc1. The molecule has 4 rings (SSSR count). The molecule has 0 spiro atoms. The molecule has 1 N–H and O–H groups in total. The van der Waals surface area contributed by atoms with Crippen LogP contribution in [0, 0.1) is 0 Å². The highest BCUT2D eigenvalue weighted by Crippen LogP contribution is 2.36. The van der Waals surface area contributed by atoms with Gasteiger partial charge in [-0.15, -0.1) is 10.2 Å². The van der Waals surface area contributed by atoms with E-state index in [9.17, 15) is 26.3 Å². The topological polar surface area (TPSA) is 68.0 Å². The molecule has 0 bridgehead atoms. The van der Waals surface area contributed by atoms with Gasteiger partial charge in [-0.25, -0.2) is 4.98 Å².